The average Bonchev–Trinajstić information content (AvgIpc) is 2.67. The van der Waals surface area contributed by atoms with Crippen LogP contribution in [0.25, 0.3) is 0 Å². The monoisotopic (exact) mass is 307 g/mol. The van der Waals surface area contributed by atoms with Crippen LogP contribution in [0.15, 0.2) is 78.9 Å². The van der Waals surface area contributed by atoms with Gasteiger partial charge in [0.25, 0.3) is 0 Å². The Kier molecular flexibility index (Phi) is 4.66. The van der Waals surface area contributed by atoms with Crippen molar-refractivity contribution in [2.75, 3.05) is 4.90 Å². The Labute approximate surface area is 143 Å². The van der Waals surface area contributed by atoms with Gasteiger partial charge in [-0.3, -0.25) is 0 Å². The van der Waals surface area contributed by atoms with Crippen LogP contribution >= 0.6 is 0 Å². The molecular formula is C23H17N. The molecule has 0 aliphatic heterocycles. The van der Waals surface area contributed by atoms with Gasteiger partial charge in [-0.25, -0.2) is 0 Å². The quantitative estimate of drug-likeness (QED) is 0.614. The summed E-state index contributed by atoms with van der Waals surface area (Å²) in [5.41, 5.74) is 5.17. The lowest BCUT2D eigenvalue weighted by molar-refractivity contribution is 0.975. The van der Waals surface area contributed by atoms with Crippen molar-refractivity contribution in [3.05, 3.63) is 95.6 Å². The zero-order chi connectivity index (χ0) is 16.8. The number of nitrogens with zero attached hydrogens (tertiary/aromatic N) is 1. The van der Waals surface area contributed by atoms with Gasteiger partial charge in [0.05, 0.1) is 0 Å². The molecule has 0 saturated carbocycles. The average molecular weight is 307 g/mol. The van der Waals surface area contributed by atoms with E-state index < -0.39 is 0 Å². The minimum Gasteiger partial charge on any atom is -0.337 e. The first-order chi connectivity index (χ1) is 11.8. The minimum atomic E-state index is 0.769. The molecule has 0 aromatic heterocycles. The van der Waals surface area contributed by atoms with Crippen LogP contribution in [-0.2, 0) is 6.54 Å². The van der Waals surface area contributed by atoms with E-state index in [1.165, 1.54) is 5.56 Å². The zero-order valence-electron chi connectivity index (χ0n) is 13.3. The highest BCUT2D eigenvalue weighted by Gasteiger charge is 2.10. The summed E-state index contributed by atoms with van der Waals surface area (Å²) < 4.78 is 0. The van der Waals surface area contributed by atoms with Gasteiger partial charge >= 0.3 is 0 Å². The Hall–Kier alpha value is -3.42. The summed E-state index contributed by atoms with van der Waals surface area (Å²) >= 11 is 0. The number of benzene rings is 3. The SMILES string of the molecule is C#Cc1ccc(N(Cc2ccccc2)c2ccc(C#C)cc2)cc1. The van der Waals surface area contributed by atoms with Crippen molar-refractivity contribution < 1.29 is 0 Å². The van der Waals surface area contributed by atoms with Crippen LogP contribution < -0.4 is 4.90 Å². The van der Waals surface area contributed by atoms with Gasteiger partial charge in [-0.1, -0.05) is 42.2 Å². The van der Waals surface area contributed by atoms with E-state index in [1.807, 2.05) is 54.6 Å². The maximum absolute atomic E-state index is 5.46. The molecule has 0 heterocycles. The molecule has 0 saturated heterocycles. The largest absolute Gasteiger partial charge is 0.337 e. The number of anilines is 2. The molecule has 0 unspecified atom stereocenters. The summed E-state index contributed by atoms with van der Waals surface area (Å²) in [6.45, 7) is 0.769. The Morgan fingerprint density at radius 2 is 1.08 bits per heavy atom. The Morgan fingerprint density at radius 3 is 1.50 bits per heavy atom. The summed E-state index contributed by atoms with van der Waals surface area (Å²) in [5, 5.41) is 0. The van der Waals surface area contributed by atoms with E-state index in [4.69, 9.17) is 12.8 Å². The molecule has 0 radical (unpaired) electrons. The first-order valence-electron chi connectivity index (χ1n) is 7.75. The molecule has 114 valence electrons. The van der Waals surface area contributed by atoms with Crippen LogP contribution in [0.3, 0.4) is 0 Å². The summed E-state index contributed by atoms with van der Waals surface area (Å²) in [6, 6.07) is 26.4. The predicted octanol–water partition coefficient (Wildman–Crippen LogP) is 4.99. The fourth-order valence-electron chi connectivity index (χ4n) is 2.57. The fraction of sp³-hybridized carbons (Fsp3) is 0.0435. The number of hydrogen-bond donors (Lipinski definition) is 0. The lowest BCUT2D eigenvalue weighted by Gasteiger charge is -2.25. The van der Waals surface area contributed by atoms with E-state index in [-0.39, 0.29) is 0 Å². The topological polar surface area (TPSA) is 3.24 Å². The second-order valence-electron chi connectivity index (χ2n) is 5.45. The van der Waals surface area contributed by atoms with Crippen LogP contribution in [0.1, 0.15) is 16.7 Å². The lowest BCUT2D eigenvalue weighted by atomic mass is 10.1. The van der Waals surface area contributed by atoms with Gasteiger partial charge < -0.3 is 4.90 Å². The first-order valence-corrected chi connectivity index (χ1v) is 7.75. The Balaban J connectivity index is 1.99. The highest BCUT2D eigenvalue weighted by Crippen LogP contribution is 2.28. The van der Waals surface area contributed by atoms with Crippen molar-refractivity contribution in [3.8, 4) is 24.7 Å². The molecule has 0 atom stereocenters. The van der Waals surface area contributed by atoms with Gasteiger partial charge in [-0.15, -0.1) is 12.8 Å². The summed E-state index contributed by atoms with van der Waals surface area (Å²) in [5.74, 6) is 5.31. The molecule has 3 aromatic rings. The van der Waals surface area contributed by atoms with Crippen molar-refractivity contribution in [2.45, 2.75) is 6.54 Å². The molecule has 3 aromatic carbocycles. The molecular weight excluding hydrogens is 290 g/mol. The highest BCUT2D eigenvalue weighted by molar-refractivity contribution is 5.65. The van der Waals surface area contributed by atoms with E-state index in [9.17, 15) is 0 Å². The van der Waals surface area contributed by atoms with Gasteiger partial charge in [-0.2, -0.15) is 0 Å². The van der Waals surface area contributed by atoms with Crippen molar-refractivity contribution in [3.63, 3.8) is 0 Å². The Bertz CT molecular complexity index is 819. The lowest BCUT2D eigenvalue weighted by Crippen LogP contribution is -2.16. The minimum absolute atomic E-state index is 0.769. The molecule has 0 aliphatic rings. The molecule has 0 spiro atoms. The van der Waals surface area contributed by atoms with Crippen LogP contribution in [-0.4, -0.2) is 0 Å². The molecule has 1 heteroatoms. The van der Waals surface area contributed by atoms with Crippen LogP contribution in [0, 0.1) is 24.7 Å². The predicted molar refractivity (Wildman–Crippen MR) is 101 cm³/mol. The van der Waals surface area contributed by atoms with E-state index in [1.54, 1.807) is 0 Å². The molecule has 1 nitrogen and oxygen atoms in total. The van der Waals surface area contributed by atoms with Gasteiger partial charge in [-0.05, 0) is 54.1 Å². The van der Waals surface area contributed by atoms with Crippen LogP contribution in [0.2, 0.25) is 0 Å². The Morgan fingerprint density at radius 1 is 0.625 bits per heavy atom. The molecule has 3 rings (SSSR count). The van der Waals surface area contributed by atoms with Crippen molar-refractivity contribution in [2.24, 2.45) is 0 Å². The van der Waals surface area contributed by atoms with E-state index in [0.717, 1.165) is 29.0 Å². The standard InChI is InChI=1S/C23H17N/c1-3-19-10-14-22(15-11-19)24(18-21-8-6-5-7-9-21)23-16-12-20(4-2)13-17-23/h1-2,5-17H,18H2. The fourth-order valence-corrected chi connectivity index (χ4v) is 2.57. The normalized spacial score (nSPS) is 9.75. The van der Waals surface area contributed by atoms with E-state index in [0.29, 0.717) is 0 Å². The summed E-state index contributed by atoms with van der Waals surface area (Å²) in [6.07, 6.45) is 10.9. The van der Waals surface area contributed by atoms with Gasteiger partial charge in [0.1, 0.15) is 0 Å². The second-order valence-corrected chi connectivity index (χ2v) is 5.45. The smallest absolute Gasteiger partial charge is 0.0481 e. The molecule has 0 N–H and O–H groups in total. The number of terminal acetylenes is 2. The maximum atomic E-state index is 5.46. The number of hydrogen-bond acceptors (Lipinski definition) is 1. The number of rotatable bonds is 4. The molecule has 24 heavy (non-hydrogen) atoms. The molecule has 0 bridgehead atoms. The van der Waals surface area contributed by atoms with Crippen molar-refractivity contribution >= 4 is 11.4 Å². The summed E-state index contributed by atoms with van der Waals surface area (Å²) in [7, 11) is 0. The molecule has 0 amide bonds. The first kappa shape index (κ1) is 15.5. The molecule has 0 aliphatic carbocycles. The zero-order valence-corrected chi connectivity index (χ0v) is 13.3. The van der Waals surface area contributed by atoms with Crippen LogP contribution in [0.5, 0.6) is 0 Å². The van der Waals surface area contributed by atoms with E-state index in [2.05, 4.69) is 41.0 Å². The third-order valence-corrected chi connectivity index (χ3v) is 3.87. The molecule has 0 fully saturated rings. The third kappa shape index (κ3) is 3.49. The van der Waals surface area contributed by atoms with E-state index >= 15 is 0 Å². The second kappa shape index (κ2) is 7.23. The van der Waals surface area contributed by atoms with Crippen LogP contribution in [0.4, 0.5) is 11.4 Å². The maximum Gasteiger partial charge on any atom is 0.0481 e. The highest BCUT2D eigenvalue weighted by atomic mass is 15.1. The van der Waals surface area contributed by atoms with Crippen molar-refractivity contribution in [1.82, 2.24) is 0 Å². The third-order valence-electron chi connectivity index (χ3n) is 3.87. The van der Waals surface area contributed by atoms with Crippen molar-refractivity contribution in [1.29, 1.82) is 0 Å². The summed E-state index contributed by atoms with van der Waals surface area (Å²) in [4.78, 5) is 2.25. The van der Waals surface area contributed by atoms with Gasteiger partial charge in [0, 0.05) is 29.0 Å². The van der Waals surface area contributed by atoms with Gasteiger partial charge in [0.2, 0.25) is 0 Å². The van der Waals surface area contributed by atoms with Gasteiger partial charge in [0.15, 0.2) is 0 Å².